The molecule has 37 heavy (non-hydrogen) atoms. The van der Waals surface area contributed by atoms with Gasteiger partial charge in [0.15, 0.2) is 0 Å². The summed E-state index contributed by atoms with van der Waals surface area (Å²) in [5.74, 6) is -0.200. The van der Waals surface area contributed by atoms with E-state index in [9.17, 15) is 13.2 Å². The molecule has 0 atom stereocenters. The standard InChI is InChI=1S/C28H29BrClN3O3S/c29-25-10-8-24(9-11-25)21-33(37(35,36)27-14-12-26(30)13-15-27)22-28(34)32-19-17-31(18-20-32)16-4-7-23-5-2-1-3-6-23/h1-15H,16-22H2/b7-4+. The summed E-state index contributed by atoms with van der Waals surface area (Å²) >= 11 is 9.37. The molecule has 1 heterocycles. The minimum absolute atomic E-state index is 0.0915. The van der Waals surface area contributed by atoms with Gasteiger partial charge in [0.05, 0.1) is 11.4 Å². The number of benzene rings is 3. The van der Waals surface area contributed by atoms with Crippen molar-refractivity contribution in [2.24, 2.45) is 0 Å². The van der Waals surface area contributed by atoms with Crippen LogP contribution in [0, 0.1) is 0 Å². The molecule has 0 unspecified atom stereocenters. The molecule has 1 saturated heterocycles. The van der Waals surface area contributed by atoms with Gasteiger partial charge < -0.3 is 4.90 Å². The van der Waals surface area contributed by atoms with Crippen molar-refractivity contribution in [3.63, 3.8) is 0 Å². The Morgan fingerprint density at radius 3 is 2.22 bits per heavy atom. The Balaban J connectivity index is 1.40. The zero-order valence-electron chi connectivity index (χ0n) is 20.3. The second kappa shape index (κ2) is 12.8. The van der Waals surface area contributed by atoms with Gasteiger partial charge in [-0.1, -0.05) is 82.1 Å². The smallest absolute Gasteiger partial charge is 0.243 e. The number of carbonyl (C=O) groups excluding carboxylic acids is 1. The Bertz CT molecular complexity index is 1310. The summed E-state index contributed by atoms with van der Waals surface area (Å²) in [5, 5.41) is 0.450. The third-order valence-corrected chi connectivity index (χ3v) is 8.82. The maximum Gasteiger partial charge on any atom is 0.243 e. The maximum absolute atomic E-state index is 13.5. The molecule has 6 nitrogen and oxygen atoms in total. The van der Waals surface area contributed by atoms with Gasteiger partial charge in [-0.2, -0.15) is 4.31 Å². The molecule has 0 N–H and O–H groups in total. The van der Waals surface area contributed by atoms with Crippen LogP contribution >= 0.6 is 27.5 Å². The summed E-state index contributed by atoms with van der Waals surface area (Å²) in [4.78, 5) is 17.4. The van der Waals surface area contributed by atoms with Gasteiger partial charge in [0.2, 0.25) is 15.9 Å². The largest absolute Gasteiger partial charge is 0.339 e. The molecular weight excluding hydrogens is 574 g/mol. The van der Waals surface area contributed by atoms with E-state index in [2.05, 4.69) is 45.1 Å². The fraction of sp³-hybridized carbons (Fsp3) is 0.250. The summed E-state index contributed by atoms with van der Waals surface area (Å²) in [5.41, 5.74) is 1.95. The molecule has 0 spiro atoms. The molecule has 1 aliphatic rings. The summed E-state index contributed by atoms with van der Waals surface area (Å²) in [7, 11) is -3.91. The summed E-state index contributed by atoms with van der Waals surface area (Å²) < 4.78 is 29.2. The van der Waals surface area contributed by atoms with Crippen LogP contribution in [0.4, 0.5) is 0 Å². The molecule has 194 valence electrons. The average Bonchev–Trinajstić information content (AvgIpc) is 2.91. The van der Waals surface area contributed by atoms with Gasteiger partial charge in [0, 0.05) is 48.8 Å². The van der Waals surface area contributed by atoms with Gasteiger partial charge in [-0.05, 0) is 47.5 Å². The van der Waals surface area contributed by atoms with E-state index in [0.717, 1.165) is 35.2 Å². The maximum atomic E-state index is 13.5. The van der Waals surface area contributed by atoms with Crippen LogP contribution in [0.5, 0.6) is 0 Å². The predicted molar refractivity (Wildman–Crippen MR) is 152 cm³/mol. The van der Waals surface area contributed by atoms with Crippen molar-refractivity contribution in [2.75, 3.05) is 39.3 Å². The minimum atomic E-state index is -3.91. The van der Waals surface area contributed by atoms with E-state index >= 15 is 0 Å². The van der Waals surface area contributed by atoms with Gasteiger partial charge in [0.1, 0.15) is 0 Å². The highest BCUT2D eigenvalue weighted by atomic mass is 79.9. The Labute approximate surface area is 232 Å². The molecule has 3 aromatic rings. The van der Waals surface area contributed by atoms with Crippen molar-refractivity contribution in [1.82, 2.24) is 14.1 Å². The number of carbonyl (C=O) groups is 1. The minimum Gasteiger partial charge on any atom is -0.339 e. The van der Waals surface area contributed by atoms with E-state index in [-0.39, 0.29) is 23.9 Å². The molecule has 9 heteroatoms. The Morgan fingerprint density at radius 1 is 0.919 bits per heavy atom. The number of amides is 1. The molecule has 1 fully saturated rings. The van der Waals surface area contributed by atoms with Crippen molar-refractivity contribution in [2.45, 2.75) is 11.4 Å². The van der Waals surface area contributed by atoms with Crippen molar-refractivity contribution >= 4 is 49.5 Å². The molecule has 0 radical (unpaired) electrons. The molecule has 1 aliphatic heterocycles. The summed E-state index contributed by atoms with van der Waals surface area (Å²) in [6.45, 7) is 3.26. The number of rotatable bonds is 9. The van der Waals surface area contributed by atoms with Crippen LogP contribution in [-0.2, 0) is 21.4 Å². The first kappa shape index (κ1) is 27.5. The first-order valence-corrected chi connectivity index (χ1v) is 14.6. The first-order valence-electron chi connectivity index (χ1n) is 12.0. The number of nitrogens with zero attached hydrogens (tertiary/aromatic N) is 3. The van der Waals surface area contributed by atoms with Crippen LogP contribution in [0.1, 0.15) is 11.1 Å². The van der Waals surface area contributed by atoms with Crippen molar-refractivity contribution < 1.29 is 13.2 Å². The van der Waals surface area contributed by atoms with Gasteiger partial charge >= 0.3 is 0 Å². The number of hydrogen-bond donors (Lipinski definition) is 0. The normalized spacial score (nSPS) is 14.9. The molecule has 0 aromatic heterocycles. The zero-order valence-corrected chi connectivity index (χ0v) is 23.5. The lowest BCUT2D eigenvalue weighted by atomic mass is 10.2. The van der Waals surface area contributed by atoms with Crippen LogP contribution in [0.3, 0.4) is 0 Å². The molecule has 3 aromatic carbocycles. The third-order valence-electron chi connectivity index (χ3n) is 6.23. The van der Waals surface area contributed by atoms with E-state index in [1.165, 1.54) is 16.4 Å². The summed E-state index contributed by atoms with van der Waals surface area (Å²) in [6, 6.07) is 23.6. The van der Waals surface area contributed by atoms with Crippen LogP contribution in [0.25, 0.3) is 6.08 Å². The van der Waals surface area contributed by atoms with Gasteiger partial charge in [-0.25, -0.2) is 8.42 Å². The second-order valence-corrected chi connectivity index (χ2v) is 12.1. The van der Waals surface area contributed by atoms with Crippen LogP contribution in [0.15, 0.2) is 94.3 Å². The van der Waals surface area contributed by atoms with Crippen LogP contribution in [-0.4, -0.2) is 67.7 Å². The topological polar surface area (TPSA) is 60.9 Å². The monoisotopic (exact) mass is 601 g/mol. The second-order valence-electron chi connectivity index (χ2n) is 8.85. The lowest BCUT2D eigenvalue weighted by molar-refractivity contribution is -0.133. The van der Waals surface area contributed by atoms with Crippen LogP contribution in [0.2, 0.25) is 5.02 Å². The lowest BCUT2D eigenvalue weighted by Gasteiger charge is -2.35. The van der Waals surface area contributed by atoms with E-state index in [4.69, 9.17) is 11.6 Å². The lowest BCUT2D eigenvalue weighted by Crippen LogP contribution is -2.51. The molecule has 4 rings (SSSR count). The van der Waals surface area contributed by atoms with E-state index in [1.807, 2.05) is 42.5 Å². The average molecular weight is 603 g/mol. The van der Waals surface area contributed by atoms with Crippen LogP contribution < -0.4 is 0 Å². The molecule has 0 aliphatic carbocycles. The molecule has 0 saturated carbocycles. The van der Waals surface area contributed by atoms with E-state index in [1.54, 1.807) is 17.0 Å². The number of hydrogen-bond acceptors (Lipinski definition) is 4. The SMILES string of the molecule is O=C(CN(Cc1ccc(Br)cc1)S(=O)(=O)c1ccc(Cl)cc1)N1CCN(C/C=C/c2ccccc2)CC1. The van der Waals surface area contributed by atoms with E-state index in [0.29, 0.717) is 18.1 Å². The zero-order chi connectivity index (χ0) is 26.3. The van der Waals surface area contributed by atoms with Gasteiger partial charge in [-0.3, -0.25) is 9.69 Å². The van der Waals surface area contributed by atoms with E-state index < -0.39 is 10.0 Å². The first-order chi connectivity index (χ1) is 17.8. The Hall–Kier alpha value is -2.49. The Kier molecular flexibility index (Phi) is 9.56. The fourth-order valence-corrected chi connectivity index (χ4v) is 5.88. The third kappa shape index (κ3) is 7.75. The van der Waals surface area contributed by atoms with Crippen molar-refractivity contribution in [1.29, 1.82) is 0 Å². The quantitative estimate of drug-likeness (QED) is 0.340. The predicted octanol–water partition coefficient (Wildman–Crippen LogP) is 5.15. The highest BCUT2D eigenvalue weighted by molar-refractivity contribution is 9.10. The van der Waals surface area contributed by atoms with Gasteiger partial charge in [-0.15, -0.1) is 0 Å². The molecule has 0 bridgehead atoms. The van der Waals surface area contributed by atoms with Crippen molar-refractivity contribution in [3.8, 4) is 0 Å². The number of sulfonamides is 1. The number of piperazine rings is 1. The molecular formula is C28H29BrClN3O3S. The molecule has 1 amide bonds. The number of halogens is 2. The fourth-order valence-electron chi connectivity index (χ4n) is 4.11. The highest BCUT2D eigenvalue weighted by Gasteiger charge is 2.30. The van der Waals surface area contributed by atoms with Gasteiger partial charge in [0.25, 0.3) is 0 Å². The highest BCUT2D eigenvalue weighted by Crippen LogP contribution is 2.22. The summed E-state index contributed by atoms with van der Waals surface area (Å²) in [6.07, 6.45) is 4.23. The van der Waals surface area contributed by atoms with Crippen molar-refractivity contribution in [3.05, 3.63) is 106 Å². The Morgan fingerprint density at radius 2 is 1.57 bits per heavy atom.